The highest BCUT2D eigenvalue weighted by molar-refractivity contribution is 5.97. The minimum atomic E-state index is -0.410. The number of amides is 3. The minimum Gasteiger partial charge on any atom is -0.462 e. The summed E-state index contributed by atoms with van der Waals surface area (Å²) >= 11 is 0. The second kappa shape index (κ2) is 9.69. The van der Waals surface area contributed by atoms with Crippen LogP contribution < -0.4 is 15.5 Å². The number of hydrogen-bond donors (Lipinski definition) is 2. The number of ether oxygens (including phenoxy) is 1. The van der Waals surface area contributed by atoms with E-state index in [1.165, 1.54) is 6.20 Å². The molecule has 0 radical (unpaired) electrons. The average Bonchev–Trinajstić information content (AvgIpc) is 3.54. The molecule has 0 bridgehead atoms. The van der Waals surface area contributed by atoms with Gasteiger partial charge in [0.05, 0.1) is 18.2 Å². The Hall–Kier alpha value is -2.68. The maximum absolute atomic E-state index is 12.4. The lowest BCUT2D eigenvalue weighted by Gasteiger charge is -2.27. The van der Waals surface area contributed by atoms with Crippen molar-refractivity contribution in [2.75, 3.05) is 37.7 Å². The highest BCUT2D eigenvalue weighted by Crippen LogP contribution is 2.18. The molecule has 0 spiro atoms. The maximum Gasteiger partial charge on any atom is 0.339 e. The number of esters is 1. The Morgan fingerprint density at radius 2 is 2.00 bits per heavy atom. The zero-order valence-corrected chi connectivity index (χ0v) is 17.0. The van der Waals surface area contributed by atoms with Crippen molar-refractivity contribution in [1.29, 1.82) is 0 Å². The van der Waals surface area contributed by atoms with E-state index in [9.17, 15) is 14.4 Å². The molecule has 29 heavy (non-hydrogen) atoms. The predicted octanol–water partition coefficient (Wildman–Crippen LogP) is 1.15. The molecule has 0 aromatic carbocycles. The molecule has 3 amide bonds. The van der Waals surface area contributed by atoms with Gasteiger partial charge in [0, 0.05) is 38.4 Å². The molecule has 1 saturated carbocycles. The summed E-state index contributed by atoms with van der Waals surface area (Å²) in [5.41, 5.74) is 0.432. The van der Waals surface area contributed by atoms with Gasteiger partial charge < -0.3 is 15.0 Å². The number of pyridine rings is 1. The normalized spacial score (nSPS) is 18.5. The second-order valence-electron chi connectivity index (χ2n) is 7.42. The van der Waals surface area contributed by atoms with E-state index in [1.54, 1.807) is 13.0 Å². The number of aromatic nitrogens is 1. The van der Waals surface area contributed by atoms with Crippen LogP contribution in [0.5, 0.6) is 0 Å². The standard InChI is InChI=1S/C20H29N5O4/c1-3-29-19(27)15-5-8-17(21-13-15)25-10-4-9-24(11-12-25)14(2)18(26)23-20(28)22-16-6-7-16/h5,8,13-14,16H,3-4,6-7,9-12H2,1-2H3,(H2,22,23,26,28). The number of urea groups is 1. The lowest BCUT2D eigenvalue weighted by molar-refractivity contribution is -0.124. The van der Waals surface area contributed by atoms with Crippen LogP contribution in [-0.4, -0.2) is 72.7 Å². The third kappa shape index (κ3) is 5.90. The molecule has 2 N–H and O–H groups in total. The molecule has 1 aliphatic heterocycles. The Morgan fingerprint density at radius 1 is 1.21 bits per heavy atom. The van der Waals surface area contributed by atoms with Crippen molar-refractivity contribution in [2.24, 2.45) is 0 Å². The first-order chi connectivity index (χ1) is 14.0. The molecule has 9 heteroatoms. The van der Waals surface area contributed by atoms with Crippen molar-refractivity contribution >= 4 is 23.7 Å². The molecule has 2 aliphatic rings. The van der Waals surface area contributed by atoms with Gasteiger partial charge in [-0.05, 0) is 45.2 Å². The molecule has 1 aromatic heterocycles. The molecular formula is C20H29N5O4. The van der Waals surface area contributed by atoms with Crippen molar-refractivity contribution in [3.8, 4) is 0 Å². The van der Waals surface area contributed by atoms with E-state index in [0.29, 0.717) is 25.3 Å². The number of anilines is 1. The van der Waals surface area contributed by atoms with Gasteiger partial charge in [-0.25, -0.2) is 14.6 Å². The zero-order chi connectivity index (χ0) is 20.8. The Balaban J connectivity index is 1.52. The Kier molecular flexibility index (Phi) is 7.03. The van der Waals surface area contributed by atoms with E-state index >= 15 is 0 Å². The number of carbonyl (C=O) groups excluding carboxylic acids is 3. The molecule has 3 rings (SSSR count). The third-order valence-electron chi connectivity index (χ3n) is 5.19. The van der Waals surface area contributed by atoms with E-state index in [1.807, 2.05) is 13.0 Å². The van der Waals surface area contributed by atoms with Gasteiger partial charge in [0.25, 0.3) is 0 Å². The van der Waals surface area contributed by atoms with Crippen LogP contribution >= 0.6 is 0 Å². The minimum absolute atomic E-state index is 0.215. The van der Waals surface area contributed by atoms with E-state index in [0.717, 1.165) is 38.2 Å². The fourth-order valence-corrected chi connectivity index (χ4v) is 3.29. The van der Waals surface area contributed by atoms with Crippen LogP contribution in [0.4, 0.5) is 10.6 Å². The highest BCUT2D eigenvalue weighted by Gasteiger charge is 2.28. The number of carbonyl (C=O) groups is 3. The van der Waals surface area contributed by atoms with Crippen molar-refractivity contribution < 1.29 is 19.1 Å². The molecule has 1 unspecified atom stereocenters. The number of rotatable bonds is 6. The fourth-order valence-electron chi connectivity index (χ4n) is 3.29. The maximum atomic E-state index is 12.4. The summed E-state index contributed by atoms with van der Waals surface area (Å²) in [4.78, 5) is 44.6. The highest BCUT2D eigenvalue weighted by atomic mass is 16.5. The summed E-state index contributed by atoms with van der Waals surface area (Å²) in [5, 5.41) is 5.20. The van der Waals surface area contributed by atoms with Crippen LogP contribution in [0, 0.1) is 0 Å². The molecular weight excluding hydrogens is 374 g/mol. The van der Waals surface area contributed by atoms with Gasteiger partial charge >= 0.3 is 12.0 Å². The van der Waals surface area contributed by atoms with Gasteiger partial charge in [0.15, 0.2) is 0 Å². The molecule has 9 nitrogen and oxygen atoms in total. The molecule has 2 fully saturated rings. The van der Waals surface area contributed by atoms with Gasteiger partial charge in [-0.15, -0.1) is 0 Å². The van der Waals surface area contributed by atoms with Crippen LogP contribution in [0.3, 0.4) is 0 Å². The number of nitrogens with one attached hydrogen (secondary N) is 2. The van der Waals surface area contributed by atoms with E-state index in [4.69, 9.17) is 4.74 Å². The molecule has 1 aliphatic carbocycles. The first kappa shape index (κ1) is 21.0. The van der Waals surface area contributed by atoms with Crippen LogP contribution in [-0.2, 0) is 9.53 Å². The van der Waals surface area contributed by atoms with Gasteiger partial charge in [-0.3, -0.25) is 15.0 Å². The number of imide groups is 1. The molecule has 2 heterocycles. The summed E-state index contributed by atoms with van der Waals surface area (Å²) in [6, 6.07) is 2.95. The van der Waals surface area contributed by atoms with Crippen molar-refractivity contribution in [2.45, 2.75) is 45.2 Å². The smallest absolute Gasteiger partial charge is 0.339 e. The van der Waals surface area contributed by atoms with E-state index < -0.39 is 6.03 Å². The van der Waals surface area contributed by atoms with Gasteiger partial charge in [-0.1, -0.05) is 0 Å². The number of nitrogens with zero attached hydrogens (tertiary/aromatic N) is 3. The average molecular weight is 403 g/mol. The van der Waals surface area contributed by atoms with E-state index in [-0.39, 0.29) is 24.0 Å². The quantitative estimate of drug-likeness (QED) is 0.687. The van der Waals surface area contributed by atoms with Crippen LogP contribution in [0.2, 0.25) is 0 Å². The molecule has 158 valence electrons. The Bertz CT molecular complexity index is 735. The summed E-state index contributed by atoms with van der Waals surface area (Å²) < 4.78 is 4.98. The van der Waals surface area contributed by atoms with Gasteiger partial charge in [0.2, 0.25) is 5.91 Å². The van der Waals surface area contributed by atoms with Crippen LogP contribution in [0.25, 0.3) is 0 Å². The lowest BCUT2D eigenvalue weighted by Crippen LogP contribution is -2.50. The third-order valence-corrected chi connectivity index (χ3v) is 5.19. The van der Waals surface area contributed by atoms with Crippen molar-refractivity contribution in [3.63, 3.8) is 0 Å². The van der Waals surface area contributed by atoms with Crippen LogP contribution in [0.1, 0.15) is 43.5 Å². The van der Waals surface area contributed by atoms with Gasteiger partial charge in [0.1, 0.15) is 5.82 Å². The zero-order valence-electron chi connectivity index (χ0n) is 17.0. The first-order valence-corrected chi connectivity index (χ1v) is 10.2. The molecule has 1 atom stereocenters. The summed E-state index contributed by atoms with van der Waals surface area (Å²) in [6.45, 7) is 6.87. The lowest BCUT2D eigenvalue weighted by atomic mass is 10.2. The topological polar surface area (TPSA) is 104 Å². The van der Waals surface area contributed by atoms with Crippen molar-refractivity contribution in [3.05, 3.63) is 23.9 Å². The SMILES string of the molecule is CCOC(=O)c1ccc(N2CCCN(C(C)C(=O)NC(=O)NC3CC3)CC2)nc1. The second-order valence-corrected chi connectivity index (χ2v) is 7.42. The van der Waals surface area contributed by atoms with Gasteiger partial charge in [-0.2, -0.15) is 0 Å². The monoisotopic (exact) mass is 403 g/mol. The number of hydrogen-bond acceptors (Lipinski definition) is 7. The Morgan fingerprint density at radius 3 is 2.66 bits per heavy atom. The largest absolute Gasteiger partial charge is 0.462 e. The summed E-state index contributed by atoms with van der Waals surface area (Å²) in [5.74, 6) is 0.133. The molecule has 1 aromatic rings. The summed E-state index contributed by atoms with van der Waals surface area (Å²) in [6.07, 6.45) is 4.36. The first-order valence-electron chi connectivity index (χ1n) is 10.2. The van der Waals surface area contributed by atoms with Crippen molar-refractivity contribution in [1.82, 2.24) is 20.5 Å². The fraction of sp³-hybridized carbons (Fsp3) is 0.600. The molecule has 1 saturated heterocycles. The Labute approximate surface area is 170 Å². The van der Waals surface area contributed by atoms with E-state index in [2.05, 4.69) is 25.4 Å². The van der Waals surface area contributed by atoms with Crippen LogP contribution in [0.15, 0.2) is 18.3 Å². The summed E-state index contributed by atoms with van der Waals surface area (Å²) in [7, 11) is 0. The predicted molar refractivity (Wildman–Crippen MR) is 108 cm³/mol.